The first-order chi connectivity index (χ1) is 9.56. The largest absolute Gasteiger partial charge is 0.479 e. The smallest absolute Gasteiger partial charge is 0.330 e. The Morgan fingerprint density at radius 2 is 1.95 bits per heavy atom. The Morgan fingerprint density at radius 1 is 1.30 bits per heavy atom. The molecule has 1 aromatic rings. The fourth-order valence-corrected chi connectivity index (χ4v) is 2.51. The van der Waals surface area contributed by atoms with E-state index in [0.717, 1.165) is 25.7 Å². The van der Waals surface area contributed by atoms with Gasteiger partial charge in [-0.15, -0.1) is 0 Å². The van der Waals surface area contributed by atoms with Crippen molar-refractivity contribution < 1.29 is 14.7 Å². The van der Waals surface area contributed by atoms with Crippen LogP contribution in [0.3, 0.4) is 0 Å². The van der Waals surface area contributed by atoms with Crippen LogP contribution in [0, 0.1) is 0 Å². The predicted octanol–water partition coefficient (Wildman–Crippen LogP) is 2.44. The van der Waals surface area contributed by atoms with Crippen molar-refractivity contribution in [2.75, 3.05) is 0 Å². The molecule has 1 aliphatic rings. The van der Waals surface area contributed by atoms with Crippen LogP contribution >= 0.6 is 0 Å². The zero-order valence-corrected chi connectivity index (χ0v) is 11.6. The molecule has 5 nitrogen and oxygen atoms in total. The van der Waals surface area contributed by atoms with Crippen LogP contribution in [0.25, 0.3) is 0 Å². The molecule has 1 fully saturated rings. The molecule has 1 unspecified atom stereocenters. The number of urea groups is 1. The first-order valence-electron chi connectivity index (χ1n) is 6.93. The van der Waals surface area contributed by atoms with E-state index in [-0.39, 0.29) is 5.54 Å². The molecule has 2 amide bonds. The highest BCUT2D eigenvalue weighted by atomic mass is 16.4. The zero-order valence-electron chi connectivity index (χ0n) is 11.6. The first-order valence-corrected chi connectivity index (χ1v) is 6.93. The topological polar surface area (TPSA) is 78.4 Å². The highest BCUT2D eigenvalue weighted by Gasteiger charge is 2.37. The molecule has 0 heterocycles. The van der Waals surface area contributed by atoms with Gasteiger partial charge in [0.1, 0.15) is 0 Å². The van der Waals surface area contributed by atoms with Crippen LogP contribution in [-0.4, -0.2) is 22.6 Å². The molecule has 0 bridgehead atoms. The van der Waals surface area contributed by atoms with Crippen LogP contribution in [0.15, 0.2) is 30.3 Å². The van der Waals surface area contributed by atoms with Gasteiger partial charge >= 0.3 is 12.0 Å². The van der Waals surface area contributed by atoms with Crippen molar-refractivity contribution in [3.8, 4) is 0 Å². The number of hydrogen-bond donors (Lipinski definition) is 3. The van der Waals surface area contributed by atoms with E-state index in [1.54, 1.807) is 24.3 Å². The van der Waals surface area contributed by atoms with Crippen molar-refractivity contribution >= 4 is 12.0 Å². The molecule has 1 saturated carbocycles. The van der Waals surface area contributed by atoms with Gasteiger partial charge in [0.15, 0.2) is 6.04 Å². The molecule has 1 aromatic carbocycles. The maximum absolute atomic E-state index is 12.0. The van der Waals surface area contributed by atoms with E-state index in [0.29, 0.717) is 5.56 Å². The van der Waals surface area contributed by atoms with Gasteiger partial charge in [-0.2, -0.15) is 0 Å². The summed E-state index contributed by atoms with van der Waals surface area (Å²) in [4.78, 5) is 23.3. The van der Waals surface area contributed by atoms with Crippen molar-refractivity contribution in [2.45, 2.75) is 44.2 Å². The van der Waals surface area contributed by atoms with Crippen molar-refractivity contribution in [3.63, 3.8) is 0 Å². The summed E-state index contributed by atoms with van der Waals surface area (Å²) >= 11 is 0. The van der Waals surface area contributed by atoms with Gasteiger partial charge in [-0.1, -0.05) is 37.3 Å². The second-order valence-corrected chi connectivity index (χ2v) is 5.27. The summed E-state index contributed by atoms with van der Waals surface area (Å²) in [6, 6.07) is 7.26. The number of rotatable bonds is 5. The molecule has 0 aliphatic heterocycles. The highest BCUT2D eigenvalue weighted by Crippen LogP contribution is 2.34. The highest BCUT2D eigenvalue weighted by molar-refractivity contribution is 5.84. The third-order valence-electron chi connectivity index (χ3n) is 4.02. The fraction of sp³-hybridized carbons (Fsp3) is 0.467. The molecule has 20 heavy (non-hydrogen) atoms. The molecule has 108 valence electrons. The van der Waals surface area contributed by atoms with Gasteiger partial charge in [0.2, 0.25) is 0 Å². The zero-order chi connectivity index (χ0) is 14.6. The molecular formula is C15H20N2O3. The van der Waals surface area contributed by atoms with Crippen molar-refractivity contribution in [3.05, 3.63) is 35.9 Å². The summed E-state index contributed by atoms with van der Waals surface area (Å²) in [5.74, 6) is -1.06. The number of carboxylic acids is 1. The van der Waals surface area contributed by atoms with Crippen LogP contribution < -0.4 is 10.6 Å². The lowest BCUT2D eigenvalue weighted by Crippen LogP contribution is -2.56. The lowest BCUT2D eigenvalue weighted by molar-refractivity contribution is -0.139. The van der Waals surface area contributed by atoms with E-state index in [2.05, 4.69) is 10.6 Å². The second kappa shape index (κ2) is 5.94. The van der Waals surface area contributed by atoms with Crippen molar-refractivity contribution in [1.29, 1.82) is 0 Å². The average molecular weight is 276 g/mol. The van der Waals surface area contributed by atoms with E-state index < -0.39 is 18.0 Å². The number of aliphatic carboxylic acids is 1. The maximum atomic E-state index is 12.0. The summed E-state index contributed by atoms with van der Waals surface area (Å²) in [5, 5.41) is 14.7. The fourth-order valence-electron chi connectivity index (χ4n) is 2.51. The summed E-state index contributed by atoms with van der Waals surface area (Å²) in [7, 11) is 0. The quantitative estimate of drug-likeness (QED) is 0.773. The van der Waals surface area contributed by atoms with Crippen LogP contribution in [0.1, 0.15) is 44.2 Å². The Bertz CT molecular complexity index is 478. The number of carbonyl (C=O) groups is 2. The van der Waals surface area contributed by atoms with Gasteiger partial charge in [0.05, 0.1) is 0 Å². The Kier molecular flexibility index (Phi) is 4.27. The molecular weight excluding hydrogens is 256 g/mol. The van der Waals surface area contributed by atoms with E-state index >= 15 is 0 Å². The summed E-state index contributed by atoms with van der Waals surface area (Å²) in [6.07, 6.45) is 3.89. The van der Waals surface area contributed by atoms with Gasteiger partial charge in [-0.3, -0.25) is 0 Å². The Hall–Kier alpha value is -2.04. The van der Waals surface area contributed by atoms with Gasteiger partial charge in [0.25, 0.3) is 0 Å². The minimum atomic E-state index is -1.06. The Labute approximate surface area is 118 Å². The van der Waals surface area contributed by atoms with E-state index in [4.69, 9.17) is 0 Å². The number of amides is 2. The molecule has 5 heteroatoms. The van der Waals surface area contributed by atoms with Gasteiger partial charge in [0, 0.05) is 5.54 Å². The molecule has 0 aromatic heterocycles. The third-order valence-corrected chi connectivity index (χ3v) is 4.02. The lowest BCUT2D eigenvalue weighted by atomic mass is 9.75. The SMILES string of the molecule is CCC1(NC(=O)NC(C(=O)O)c2ccccc2)CCC1. The normalized spacial score (nSPS) is 17.6. The number of carboxylic acid groups (broad SMARTS) is 1. The number of carbonyl (C=O) groups excluding carboxylic acids is 1. The minimum absolute atomic E-state index is 0.149. The average Bonchev–Trinajstić information content (AvgIpc) is 2.41. The van der Waals surface area contributed by atoms with Crippen LogP contribution in [0.5, 0.6) is 0 Å². The van der Waals surface area contributed by atoms with Crippen LogP contribution in [0.4, 0.5) is 4.79 Å². The van der Waals surface area contributed by atoms with Gasteiger partial charge in [-0.25, -0.2) is 9.59 Å². The number of benzene rings is 1. The van der Waals surface area contributed by atoms with Crippen LogP contribution in [-0.2, 0) is 4.79 Å². The third kappa shape index (κ3) is 3.10. The Balaban J connectivity index is 2.02. The molecule has 1 aliphatic carbocycles. The molecule has 0 spiro atoms. The lowest BCUT2D eigenvalue weighted by Gasteiger charge is -2.42. The van der Waals surface area contributed by atoms with E-state index in [1.165, 1.54) is 0 Å². The van der Waals surface area contributed by atoms with Crippen molar-refractivity contribution in [1.82, 2.24) is 10.6 Å². The number of hydrogen-bond acceptors (Lipinski definition) is 2. The maximum Gasteiger partial charge on any atom is 0.330 e. The molecule has 0 radical (unpaired) electrons. The number of nitrogens with one attached hydrogen (secondary N) is 2. The summed E-state index contributed by atoms with van der Waals surface area (Å²) in [6.45, 7) is 2.03. The molecule has 3 N–H and O–H groups in total. The second-order valence-electron chi connectivity index (χ2n) is 5.27. The molecule has 2 rings (SSSR count). The monoisotopic (exact) mass is 276 g/mol. The van der Waals surface area contributed by atoms with Gasteiger partial charge in [-0.05, 0) is 31.2 Å². The molecule has 1 atom stereocenters. The van der Waals surface area contributed by atoms with E-state index in [1.807, 2.05) is 13.0 Å². The van der Waals surface area contributed by atoms with Crippen LogP contribution in [0.2, 0.25) is 0 Å². The summed E-state index contributed by atoms with van der Waals surface area (Å²) < 4.78 is 0. The minimum Gasteiger partial charge on any atom is -0.479 e. The summed E-state index contributed by atoms with van der Waals surface area (Å²) in [5.41, 5.74) is 0.415. The van der Waals surface area contributed by atoms with E-state index in [9.17, 15) is 14.7 Å². The van der Waals surface area contributed by atoms with Crippen molar-refractivity contribution in [2.24, 2.45) is 0 Å². The standard InChI is InChI=1S/C15H20N2O3/c1-2-15(9-6-10-15)17-14(20)16-12(13(18)19)11-7-4-3-5-8-11/h3-5,7-8,12H,2,6,9-10H2,1H3,(H,18,19)(H2,16,17,20). The molecule has 0 saturated heterocycles. The van der Waals surface area contributed by atoms with Gasteiger partial charge < -0.3 is 15.7 Å². The predicted molar refractivity (Wildman–Crippen MR) is 75.4 cm³/mol. The first kappa shape index (κ1) is 14.4. The Morgan fingerprint density at radius 3 is 2.40 bits per heavy atom.